The molecule has 0 aromatic rings. The molecule has 0 aromatic carbocycles. The first-order chi connectivity index (χ1) is 16.0. The molecule has 0 atom stereocenters. The highest BCUT2D eigenvalue weighted by atomic mass is 16.2. The van der Waals surface area contributed by atoms with Crippen molar-refractivity contribution < 1.29 is 14.4 Å². The number of hydrogen-bond donors (Lipinski definition) is 1. The number of likely N-dealkylation sites (tertiary alicyclic amines) is 1. The number of nitrogens with one attached hydrogen (secondary N) is 1. The van der Waals surface area contributed by atoms with Gasteiger partial charge in [0.1, 0.15) is 0 Å². The maximum absolute atomic E-state index is 12.7. The Balaban J connectivity index is 1.01. The van der Waals surface area contributed by atoms with E-state index in [0.717, 1.165) is 56.8 Å². The van der Waals surface area contributed by atoms with Gasteiger partial charge < -0.3 is 15.1 Å². The van der Waals surface area contributed by atoms with E-state index in [-0.39, 0.29) is 29.7 Å². The molecule has 0 spiro atoms. The minimum absolute atomic E-state index is 0.00681. The van der Waals surface area contributed by atoms with Crippen LogP contribution in [0.25, 0.3) is 0 Å². The van der Waals surface area contributed by atoms with Crippen LogP contribution in [0.4, 0.5) is 0 Å². The maximum Gasteiger partial charge on any atom is 0.242 e. The second-order valence-electron chi connectivity index (χ2n) is 11.8. The van der Waals surface area contributed by atoms with Crippen molar-refractivity contribution in [3.8, 4) is 0 Å². The molecular weight excluding hydrogens is 416 g/mol. The van der Waals surface area contributed by atoms with Crippen molar-refractivity contribution in [3.05, 3.63) is 0 Å². The van der Waals surface area contributed by atoms with Gasteiger partial charge in [0, 0.05) is 45.7 Å². The Labute approximate surface area is 198 Å². The summed E-state index contributed by atoms with van der Waals surface area (Å²) in [4.78, 5) is 44.1. The first-order valence-electron chi connectivity index (χ1n) is 13.5. The summed E-state index contributed by atoms with van der Waals surface area (Å²) >= 11 is 0. The molecule has 3 amide bonds. The predicted molar refractivity (Wildman–Crippen MR) is 126 cm³/mol. The number of nitrogens with zero attached hydrogens (tertiary/aromatic N) is 3. The van der Waals surface area contributed by atoms with Crippen LogP contribution in [-0.2, 0) is 14.4 Å². The summed E-state index contributed by atoms with van der Waals surface area (Å²) in [7, 11) is 0. The first kappa shape index (κ1) is 23.1. The molecule has 0 aromatic heterocycles. The Hall–Kier alpha value is -1.63. The zero-order chi connectivity index (χ0) is 22.8. The van der Waals surface area contributed by atoms with Crippen molar-refractivity contribution in [1.82, 2.24) is 20.0 Å². The van der Waals surface area contributed by atoms with Crippen LogP contribution in [0.1, 0.15) is 70.6 Å². The monoisotopic (exact) mass is 458 g/mol. The molecule has 4 aliphatic carbocycles. The molecule has 0 radical (unpaired) electrons. The Bertz CT molecular complexity index is 703. The summed E-state index contributed by atoms with van der Waals surface area (Å²) in [6.07, 6.45) is 13.1. The lowest BCUT2D eigenvalue weighted by Crippen LogP contribution is -2.53. The van der Waals surface area contributed by atoms with Gasteiger partial charge in [-0.05, 0) is 74.5 Å². The third kappa shape index (κ3) is 5.55. The Morgan fingerprint density at radius 3 is 1.82 bits per heavy atom. The number of piperazine rings is 1. The molecule has 6 aliphatic rings. The van der Waals surface area contributed by atoms with E-state index in [1.165, 1.54) is 51.4 Å². The Morgan fingerprint density at radius 2 is 1.24 bits per heavy atom. The van der Waals surface area contributed by atoms with E-state index in [2.05, 4.69) is 10.2 Å². The maximum atomic E-state index is 12.7. The van der Waals surface area contributed by atoms with E-state index in [0.29, 0.717) is 26.1 Å². The van der Waals surface area contributed by atoms with Crippen LogP contribution in [-0.4, -0.2) is 84.8 Å². The van der Waals surface area contributed by atoms with Gasteiger partial charge in [-0.25, -0.2) is 0 Å². The zero-order valence-corrected chi connectivity index (χ0v) is 20.2. The predicted octanol–water partition coefficient (Wildman–Crippen LogP) is 2.26. The van der Waals surface area contributed by atoms with Crippen LogP contribution >= 0.6 is 0 Å². The first-order valence-corrected chi connectivity index (χ1v) is 13.5. The van der Waals surface area contributed by atoms with Crippen molar-refractivity contribution in [2.45, 2.75) is 70.6 Å². The second kappa shape index (κ2) is 9.93. The second-order valence-corrected chi connectivity index (χ2v) is 11.8. The van der Waals surface area contributed by atoms with Crippen LogP contribution in [0.5, 0.6) is 0 Å². The highest BCUT2D eigenvalue weighted by Crippen LogP contribution is 2.61. The average molecular weight is 459 g/mol. The van der Waals surface area contributed by atoms with Gasteiger partial charge in [0.05, 0.1) is 13.1 Å². The fraction of sp³-hybridized carbons (Fsp3) is 0.885. The Kier molecular flexibility index (Phi) is 6.96. The molecule has 6 rings (SSSR count). The zero-order valence-electron chi connectivity index (χ0n) is 20.2. The summed E-state index contributed by atoms with van der Waals surface area (Å²) in [6, 6.07) is 0. The summed E-state index contributed by atoms with van der Waals surface area (Å²) in [5.74, 6) is 2.82. The Morgan fingerprint density at radius 1 is 0.697 bits per heavy atom. The van der Waals surface area contributed by atoms with Crippen molar-refractivity contribution >= 4 is 17.7 Å². The van der Waals surface area contributed by atoms with E-state index in [1.54, 1.807) is 0 Å². The summed E-state index contributed by atoms with van der Waals surface area (Å²) < 4.78 is 0. The molecule has 1 N–H and O–H groups in total. The normalized spacial score (nSPS) is 34.2. The molecule has 2 heterocycles. The average Bonchev–Trinajstić information content (AvgIpc) is 3.06. The lowest BCUT2D eigenvalue weighted by molar-refractivity contribution is -0.137. The molecule has 2 aliphatic heterocycles. The van der Waals surface area contributed by atoms with Gasteiger partial charge in [0.15, 0.2) is 0 Å². The van der Waals surface area contributed by atoms with E-state index < -0.39 is 0 Å². The molecule has 4 saturated carbocycles. The number of carbonyl (C=O) groups is 3. The minimum atomic E-state index is 0.00681. The molecule has 2 saturated heterocycles. The topological polar surface area (TPSA) is 73.0 Å². The fourth-order valence-electron chi connectivity index (χ4n) is 7.96. The van der Waals surface area contributed by atoms with Gasteiger partial charge in [0.2, 0.25) is 17.7 Å². The summed E-state index contributed by atoms with van der Waals surface area (Å²) in [5.41, 5.74) is 0.216. The highest BCUT2D eigenvalue weighted by molar-refractivity contribution is 5.85. The molecule has 33 heavy (non-hydrogen) atoms. The van der Waals surface area contributed by atoms with Crippen molar-refractivity contribution in [2.24, 2.45) is 23.2 Å². The molecule has 7 heteroatoms. The summed E-state index contributed by atoms with van der Waals surface area (Å²) in [5, 5.41) is 2.94. The molecule has 6 fully saturated rings. The van der Waals surface area contributed by atoms with Crippen molar-refractivity contribution in [2.75, 3.05) is 52.4 Å². The molecule has 184 valence electrons. The number of rotatable bonds is 6. The molecule has 7 nitrogen and oxygen atoms in total. The largest absolute Gasteiger partial charge is 0.347 e. The SMILES string of the molecule is O=C(CC12CC3CC(CC(C3)C1)C2)NCC(=O)N1CCN(CC(=O)N2CCCCCC2)CC1. The third-order valence-electron chi connectivity index (χ3n) is 9.18. The fourth-order valence-corrected chi connectivity index (χ4v) is 7.96. The molecular formula is C26H42N4O3. The minimum Gasteiger partial charge on any atom is -0.347 e. The van der Waals surface area contributed by atoms with Crippen molar-refractivity contribution in [3.63, 3.8) is 0 Å². The van der Waals surface area contributed by atoms with E-state index >= 15 is 0 Å². The lowest BCUT2D eigenvalue weighted by atomic mass is 9.49. The van der Waals surface area contributed by atoms with Gasteiger partial charge in [-0.1, -0.05) is 12.8 Å². The quantitative estimate of drug-likeness (QED) is 0.663. The van der Waals surface area contributed by atoms with Crippen molar-refractivity contribution in [1.29, 1.82) is 0 Å². The standard InChI is InChI=1S/C26H42N4O3/c31-23(17-26-14-20-11-21(15-26)13-22(12-20)16-26)27-18-24(32)30-9-7-28(8-10-30)19-25(33)29-5-3-1-2-4-6-29/h20-22H,1-19H2,(H,27,31). The van der Waals surface area contributed by atoms with E-state index in [4.69, 9.17) is 0 Å². The third-order valence-corrected chi connectivity index (χ3v) is 9.18. The number of hydrogen-bond acceptors (Lipinski definition) is 4. The van der Waals surface area contributed by atoms with Crippen LogP contribution in [0.2, 0.25) is 0 Å². The van der Waals surface area contributed by atoms with Gasteiger partial charge in [-0.15, -0.1) is 0 Å². The van der Waals surface area contributed by atoms with Crippen LogP contribution < -0.4 is 5.32 Å². The van der Waals surface area contributed by atoms with Gasteiger partial charge in [-0.3, -0.25) is 19.3 Å². The highest BCUT2D eigenvalue weighted by Gasteiger charge is 2.51. The van der Waals surface area contributed by atoms with E-state index in [9.17, 15) is 14.4 Å². The van der Waals surface area contributed by atoms with Gasteiger partial charge >= 0.3 is 0 Å². The lowest BCUT2D eigenvalue weighted by Gasteiger charge is -2.56. The smallest absolute Gasteiger partial charge is 0.242 e. The van der Waals surface area contributed by atoms with Crippen LogP contribution in [0.15, 0.2) is 0 Å². The number of amides is 3. The van der Waals surface area contributed by atoms with E-state index in [1.807, 2.05) is 9.80 Å². The van der Waals surface area contributed by atoms with Gasteiger partial charge in [-0.2, -0.15) is 0 Å². The van der Waals surface area contributed by atoms with Gasteiger partial charge in [0.25, 0.3) is 0 Å². The van der Waals surface area contributed by atoms with Crippen LogP contribution in [0, 0.1) is 23.2 Å². The number of carbonyl (C=O) groups excluding carboxylic acids is 3. The molecule has 4 bridgehead atoms. The summed E-state index contributed by atoms with van der Waals surface area (Å²) in [6.45, 7) is 5.08. The van der Waals surface area contributed by atoms with Crippen LogP contribution in [0.3, 0.4) is 0 Å². The molecule has 0 unspecified atom stereocenters.